The minimum Gasteiger partial charge on any atom is -0.390 e. The van der Waals surface area contributed by atoms with E-state index in [1.807, 2.05) is 0 Å². The molecule has 0 amide bonds. The van der Waals surface area contributed by atoms with Crippen molar-refractivity contribution in [3.8, 4) is 0 Å². The number of β-amino-alcohol motifs (C(OH)–C–C–N with tert-alkyl or cyclic N) is 1. The van der Waals surface area contributed by atoms with Crippen LogP contribution in [0.2, 0.25) is 0 Å². The van der Waals surface area contributed by atoms with Crippen molar-refractivity contribution in [3.05, 3.63) is 0 Å². The maximum Gasteiger partial charge on any atom is 0.0793 e. The molecule has 18 heavy (non-hydrogen) atoms. The number of aliphatic hydroxyl groups is 1. The van der Waals surface area contributed by atoms with Crippen molar-refractivity contribution >= 4 is 0 Å². The third-order valence-corrected chi connectivity index (χ3v) is 4.02. The summed E-state index contributed by atoms with van der Waals surface area (Å²) in [5, 5.41) is 13.5. The Morgan fingerprint density at radius 2 is 1.67 bits per heavy atom. The molecule has 2 saturated heterocycles. The summed E-state index contributed by atoms with van der Waals surface area (Å²) in [5.74, 6) is 0. The average Bonchev–Trinajstić information content (AvgIpc) is 2.40. The number of likely N-dealkylation sites (tertiary alicyclic amines) is 1. The molecule has 0 bridgehead atoms. The zero-order chi connectivity index (χ0) is 12.8. The molecular weight excluding hydrogens is 230 g/mol. The fourth-order valence-electron chi connectivity index (χ4n) is 2.88. The van der Waals surface area contributed by atoms with Crippen LogP contribution in [0.5, 0.6) is 0 Å². The average molecular weight is 257 g/mol. The lowest BCUT2D eigenvalue weighted by atomic mass is 10.1. The smallest absolute Gasteiger partial charge is 0.0793 e. The van der Waals surface area contributed by atoms with Crippen LogP contribution in [0.3, 0.4) is 0 Å². The molecule has 5 nitrogen and oxygen atoms in total. The number of nitrogens with zero attached hydrogens (tertiary/aromatic N) is 2. The van der Waals surface area contributed by atoms with Gasteiger partial charge >= 0.3 is 0 Å². The van der Waals surface area contributed by atoms with Gasteiger partial charge in [0.1, 0.15) is 0 Å². The highest BCUT2D eigenvalue weighted by Crippen LogP contribution is 2.13. The number of nitrogens with one attached hydrogen (secondary N) is 1. The molecule has 2 aliphatic rings. The van der Waals surface area contributed by atoms with Crippen LogP contribution in [-0.2, 0) is 4.74 Å². The molecule has 2 N–H and O–H groups in total. The predicted molar refractivity (Wildman–Crippen MR) is 71.8 cm³/mol. The highest BCUT2D eigenvalue weighted by atomic mass is 16.5. The number of methoxy groups -OCH3 is 1. The van der Waals surface area contributed by atoms with Crippen molar-refractivity contribution in [2.45, 2.75) is 25.0 Å². The van der Waals surface area contributed by atoms with Gasteiger partial charge in [-0.1, -0.05) is 0 Å². The molecule has 0 radical (unpaired) electrons. The summed E-state index contributed by atoms with van der Waals surface area (Å²) in [5.41, 5.74) is 0. The zero-order valence-corrected chi connectivity index (χ0v) is 11.5. The highest BCUT2D eigenvalue weighted by molar-refractivity contribution is 4.77. The largest absolute Gasteiger partial charge is 0.390 e. The van der Waals surface area contributed by atoms with Crippen molar-refractivity contribution in [3.63, 3.8) is 0 Å². The van der Waals surface area contributed by atoms with Crippen LogP contribution in [0.15, 0.2) is 0 Å². The molecule has 0 aromatic rings. The predicted octanol–water partition coefficient (Wildman–Crippen LogP) is -0.637. The Morgan fingerprint density at radius 3 is 2.22 bits per heavy atom. The lowest BCUT2D eigenvalue weighted by molar-refractivity contribution is 0.0165. The van der Waals surface area contributed by atoms with Gasteiger partial charge in [-0.3, -0.25) is 4.90 Å². The van der Waals surface area contributed by atoms with E-state index in [1.54, 1.807) is 7.11 Å². The summed E-state index contributed by atoms with van der Waals surface area (Å²) >= 11 is 0. The van der Waals surface area contributed by atoms with Gasteiger partial charge in [0, 0.05) is 59.5 Å². The Labute approximate surface area is 110 Å². The van der Waals surface area contributed by atoms with E-state index in [0.29, 0.717) is 6.10 Å². The molecule has 2 fully saturated rings. The summed E-state index contributed by atoms with van der Waals surface area (Å²) in [6.45, 7) is 7.93. The molecule has 106 valence electrons. The summed E-state index contributed by atoms with van der Waals surface area (Å²) in [6, 6.07) is 0. The third-order valence-electron chi connectivity index (χ3n) is 4.02. The molecule has 0 aliphatic carbocycles. The summed E-state index contributed by atoms with van der Waals surface area (Å²) in [7, 11) is 1.79. The summed E-state index contributed by atoms with van der Waals surface area (Å²) in [6.07, 6.45) is 2.39. The number of hydrogen-bond acceptors (Lipinski definition) is 5. The van der Waals surface area contributed by atoms with E-state index < -0.39 is 0 Å². The van der Waals surface area contributed by atoms with Crippen LogP contribution in [0.4, 0.5) is 0 Å². The lowest BCUT2D eigenvalue weighted by Gasteiger charge is -2.34. The Bertz CT molecular complexity index is 226. The Kier molecular flexibility index (Phi) is 5.85. The van der Waals surface area contributed by atoms with Crippen LogP contribution >= 0.6 is 0 Å². The van der Waals surface area contributed by atoms with Crippen LogP contribution in [0.25, 0.3) is 0 Å². The van der Waals surface area contributed by atoms with E-state index in [0.717, 1.165) is 65.2 Å². The molecule has 0 spiro atoms. The van der Waals surface area contributed by atoms with Gasteiger partial charge < -0.3 is 20.1 Å². The van der Waals surface area contributed by atoms with Gasteiger partial charge in [-0.15, -0.1) is 0 Å². The first-order valence-corrected chi connectivity index (χ1v) is 7.14. The third kappa shape index (κ3) is 4.48. The highest BCUT2D eigenvalue weighted by Gasteiger charge is 2.22. The Balaban J connectivity index is 1.63. The maximum absolute atomic E-state index is 10.1. The fourth-order valence-corrected chi connectivity index (χ4v) is 2.88. The van der Waals surface area contributed by atoms with E-state index in [-0.39, 0.29) is 6.10 Å². The Hall–Kier alpha value is -0.200. The van der Waals surface area contributed by atoms with E-state index in [2.05, 4.69) is 15.1 Å². The lowest BCUT2D eigenvalue weighted by Crippen LogP contribution is -2.49. The summed E-state index contributed by atoms with van der Waals surface area (Å²) < 4.78 is 5.36. The van der Waals surface area contributed by atoms with Crippen LogP contribution in [-0.4, -0.2) is 86.6 Å². The minimum absolute atomic E-state index is 0.220. The van der Waals surface area contributed by atoms with Crippen molar-refractivity contribution < 1.29 is 9.84 Å². The van der Waals surface area contributed by atoms with E-state index in [9.17, 15) is 5.11 Å². The molecule has 2 rings (SSSR count). The molecular formula is C13H27N3O2. The molecule has 5 heteroatoms. The topological polar surface area (TPSA) is 48.0 Å². The monoisotopic (exact) mass is 257 g/mol. The molecule has 1 atom stereocenters. The van der Waals surface area contributed by atoms with Gasteiger partial charge in [0.15, 0.2) is 0 Å². The quantitative estimate of drug-likeness (QED) is 0.686. The van der Waals surface area contributed by atoms with Gasteiger partial charge in [0.05, 0.1) is 12.2 Å². The molecule has 2 heterocycles. The van der Waals surface area contributed by atoms with Crippen molar-refractivity contribution in [2.75, 3.05) is 59.5 Å². The SMILES string of the molecule is COC1CCN(CC(O)CN2CCNCC2)CC1. The number of ether oxygens (including phenoxy) is 1. The standard InChI is InChI=1S/C13H27N3O2/c1-18-13-2-6-15(7-3-13)10-12(17)11-16-8-4-14-5-9-16/h12-14,17H,2-11H2,1H3. The number of piperidine rings is 1. The van der Waals surface area contributed by atoms with Crippen molar-refractivity contribution in [1.82, 2.24) is 15.1 Å². The fraction of sp³-hybridized carbons (Fsp3) is 1.00. The number of hydrogen-bond donors (Lipinski definition) is 2. The zero-order valence-electron chi connectivity index (χ0n) is 11.5. The second-order valence-corrected chi connectivity index (χ2v) is 5.44. The molecule has 0 aromatic heterocycles. The van der Waals surface area contributed by atoms with Crippen LogP contribution in [0, 0.1) is 0 Å². The molecule has 1 unspecified atom stereocenters. The Morgan fingerprint density at radius 1 is 1.11 bits per heavy atom. The van der Waals surface area contributed by atoms with Gasteiger partial charge in [-0.05, 0) is 12.8 Å². The van der Waals surface area contributed by atoms with E-state index in [1.165, 1.54) is 0 Å². The summed E-state index contributed by atoms with van der Waals surface area (Å²) in [4.78, 5) is 4.71. The van der Waals surface area contributed by atoms with Gasteiger partial charge in [0.25, 0.3) is 0 Å². The molecule has 2 aliphatic heterocycles. The number of aliphatic hydroxyl groups excluding tert-OH is 1. The van der Waals surface area contributed by atoms with Crippen molar-refractivity contribution in [1.29, 1.82) is 0 Å². The van der Waals surface area contributed by atoms with E-state index in [4.69, 9.17) is 4.74 Å². The van der Waals surface area contributed by atoms with Crippen molar-refractivity contribution in [2.24, 2.45) is 0 Å². The second kappa shape index (κ2) is 7.40. The number of rotatable bonds is 5. The first-order valence-electron chi connectivity index (χ1n) is 7.14. The van der Waals surface area contributed by atoms with Gasteiger partial charge in [-0.2, -0.15) is 0 Å². The number of piperazine rings is 1. The van der Waals surface area contributed by atoms with Crippen LogP contribution < -0.4 is 5.32 Å². The minimum atomic E-state index is -0.220. The maximum atomic E-state index is 10.1. The normalized spacial score (nSPS) is 26.3. The molecule has 0 saturated carbocycles. The first-order chi connectivity index (χ1) is 8.78. The first kappa shape index (κ1) is 14.2. The second-order valence-electron chi connectivity index (χ2n) is 5.44. The van der Waals surface area contributed by atoms with Gasteiger partial charge in [0.2, 0.25) is 0 Å². The van der Waals surface area contributed by atoms with Crippen LogP contribution in [0.1, 0.15) is 12.8 Å². The molecule has 0 aromatic carbocycles. The van der Waals surface area contributed by atoms with Gasteiger partial charge in [-0.25, -0.2) is 0 Å². The van der Waals surface area contributed by atoms with E-state index >= 15 is 0 Å².